The number of anilines is 2. The van der Waals surface area contributed by atoms with E-state index in [2.05, 4.69) is 5.32 Å². The molecular weight excluding hydrogens is 312 g/mol. The average molecular weight is 330 g/mol. The highest BCUT2D eigenvalue weighted by atomic mass is 16.2. The zero-order valence-electron chi connectivity index (χ0n) is 13.8. The van der Waals surface area contributed by atoms with Crippen LogP contribution in [0, 0.1) is 0 Å². The summed E-state index contributed by atoms with van der Waals surface area (Å²) in [5.41, 5.74) is 2.38. The Balaban J connectivity index is 1.86. The molecule has 4 heteroatoms. The van der Waals surface area contributed by atoms with Crippen molar-refractivity contribution in [3.05, 3.63) is 96.1 Å². The smallest absolute Gasteiger partial charge is 0.258 e. The van der Waals surface area contributed by atoms with E-state index < -0.39 is 0 Å². The molecule has 0 aliphatic carbocycles. The molecule has 0 fully saturated rings. The first-order valence-electron chi connectivity index (χ1n) is 7.95. The van der Waals surface area contributed by atoms with Crippen molar-refractivity contribution in [2.24, 2.45) is 0 Å². The van der Waals surface area contributed by atoms with Gasteiger partial charge in [0, 0.05) is 18.2 Å². The van der Waals surface area contributed by atoms with Gasteiger partial charge in [-0.25, -0.2) is 0 Å². The highest BCUT2D eigenvalue weighted by Gasteiger charge is 2.17. The van der Waals surface area contributed by atoms with Crippen molar-refractivity contribution in [2.45, 2.75) is 0 Å². The number of carbonyl (C=O) groups excluding carboxylic acids is 2. The molecule has 0 aromatic heterocycles. The summed E-state index contributed by atoms with van der Waals surface area (Å²) >= 11 is 0. The SMILES string of the molecule is CN(C(=O)c1ccccc1)c1ccccc1NC(=O)c1ccccc1. The Morgan fingerprint density at radius 2 is 1.24 bits per heavy atom. The largest absolute Gasteiger partial charge is 0.320 e. The number of hydrogen-bond donors (Lipinski definition) is 1. The Morgan fingerprint density at radius 3 is 1.88 bits per heavy atom. The molecule has 0 spiro atoms. The van der Waals surface area contributed by atoms with Gasteiger partial charge in [-0.2, -0.15) is 0 Å². The maximum Gasteiger partial charge on any atom is 0.258 e. The third-order valence-electron chi connectivity index (χ3n) is 3.87. The van der Waals surface area contributed by atoms with E-state index in [1.54, 1.807) is 43.4 Å². The van der Waals surface area contributed by atoms with Gasteiger partial charge < -0.3 is 10.2 Å². The van der Waals surface area contributed by atoms with Crippen LogP contribution in [0.2, 0.25) is 0 Å². The summed E-state index contributed by atoms with van der Waals surface area (Å²) in [6, 6.07) is 25.3. The van der Waals surface area contributed by atoms with Gasteiger partial charge in [0.2, 0.25) is 0 Å². The van der Waals surface area contributed by atoms with E-state index in [0.717, 1.165) is 0 Å². The summed E-state index contributed by atoms with van der Waals surface area (Å²) in [4.78, 5) is 26.6. The quantitative estimate of drug-likeness (QED) is 0.779. The molecule has 0 aliphatic heterocycles. The molecule has 3 aromatic rings. The van der Waals surface area contributed by atoms with Crippen molar-refractivity contribution in [1.82, 2.24) is 0 Å². The van der Waals surface area contributed by atoms with Crippen molar-refractivity contribution < 1.29 is 9.59 Å². The fourth-order valence-electron chi connectivity index (χ4n) is 2.54. The predicted molar refractivity (Wildman–Crippen MR) is 100 cm³/mol. The Morgan fingerprint density at radius 1 is 0.720 bits per heavy atom. The molecule has 3 rings (SSSR count). The van der Waals surface area contributed by atoms with Gasteiger partial charge in [-0.1, -0.05) is 48.5 Å². The van der Waals surface area contributed by atoms with Crippen molar-refractivity contribution >= 4 is 23.2 Å². The minimum atomic E-state index is -0.214. The molecule has 0 saturated heterocycles. The molecule has 0 atom stereocenters. The average Bonchev–Trinajstić information content (AvgIpc) is 2.68. The molecule has 1 N–H and O–H groups in total. The van der Waals surface area contributed by atoms with Gasteiger partial charge in [0.05, 0.1) is 11.4 Å². The van der Waals surface area contributed by atoms with Crippen LogP contribution in [0.15, 0.2) is 84.9 Å². The summed E-state index contributed by atoms with van der Waals surface area (Å²) in [5.74, 6) is -0.351. The second-order valence-corrected chi connectivity index (χ2v) is 5.57. The van der Waals surface area contributed by atoms with Crippen LogP contribution in [0.5, 0.6) is 0 Å². The van der Waals surface area contributed by atoms with E-state index in [1.807, 2.05) is 48.5 Å². The van der Waals surface area contributed by atoms with E-state index in [0.29, 0.717) is 22.5 Å². The highest BCUT2D eigenvalue weighted by molar-refractivity contribution is 6.10. The second kappa shape index (κ2) is 7.45. The van der Waals surface area contributed by atoms with E-state index in [9.17, 15) is 9.59 Å². The van der Waals surface area contributed by atoms with Crippen LogP contribution in [0.1, 0.15) is 20.7 Å². The topological polar surface area (TPSA) is 49.4 Å². The van der Waals surface area contributed by atoms with E-state index in [1.165, 1.54) is 4.90 Å². The normalized spacial score (nSPS) is 10.1. The first-order chi connectivity index (χ1) is 12.2. The Labute approximate surface area is 146 Å². The molecule has 0 saturated carbocycles. The number of carbonyl (C=O) groups is 2. The molecule has 25 heavy (non-hydrogen) atoms. The lowest BCUT2D eigenvalue weighted by atomic mass is 10.1. The van der Waals surface area contributed by atoms with Gasteiger partial charge in [0.15, 0.2) is 0 Å². The first-order valence-corrected chi connectivity index (χ1v) is 7.95. The minimum Gasteiger partial charge on any atom is -0.320 e. The summed E-state index contributed by atoms with van der Waals surface area (Å²) in [6.07, 6.45) is 0. The fourth-order valence-corrected chi connectivity index (χ4v) is 2.54. The molecule has 0 unspecified atom stereocenters. The van der Waals surface area contributed by atoms with E-state index in [4.69, 9.17) is 0 Å². The fraction of sp³-hybridized carbons (Fsp3) is 0.0476. The molecule has 3 aromatic carbocycles. The van der Waals surface area contributed by atoms with Gasteiger partial charge in [-0.3, -0.25) is 9.59 Å². The molecule has 4 nitrogen and oxygen atoms in total. The maximum absolute atomic E-state index is 12.7. The molecule has 0 aliphatic rings. The van der Waals surface area contributed by atoms with Gasteiger partial charge in [0.1, 0.15) is 0 Å². The summed E-state index contributed by atoms with van der Waals surface area (Å²) in [5, 5.41) is 2.88. The second-order valence-electron chi connectivity index (χ2n) is 5.57. The number of amides is 2. The summed E-state index contributed by atoms with van der Waals surface area (Å²) in [6.45, 7) is 0. The highest BCUT2D eigenvalue weighted by Crippen LogP contribution is 2.26. The molecule has 0 radical (unpaired) electrons. The van der Waals surface area contributed by atoms with E-state index >= 15 is 0 Å². The third kappa shape index (κ3) is 3.75. The molecule has 0 bridgehead atoms. The standard InChI is InChI=1S/C21H18N2O2/c1-23(21(25)17-12-6-3-7-13-17)19-15-9-8-14-18(19)22-20(24)16-10-4-2-5-11-16/h2-15H,1H3,(H,22,24). The van der Waals surface area contributed by atoms with Crippen LogP contribution in [-0.2, 0) is 0 Å². The number of benzene rings is 3. The van der Waals surface area contributed by atoms with E-state index in [-0.39, 0.29) is 11.8 Å². The molecule has 124 valence electrons. The van der Waals surface area contributed by atoms with Gasteiger partial charge in [-0.15, -0.1) is 0 Å². The zero-order chi connectivity index (χ0) is 17.6. The van der Waals surface area contributed by atoms with Crippen LogP contribution in [0.4, 0.5) is 11.4 Å². The number of para-hydroxylation sites is 2. The zero-order valence-corrected chi connectivity index (χ0v) is 13.8. The molecule has 0 heterocycles. The Bertz CT molecular complexity index is 877. The van der Waals surface area contributed by atoms with Crippen LogP contribution < -0.4 is 10.2 Å². The van der Waals surface area contributed by atoms with Crippen LogP contribution >= 0.6 is 0 Å². The monoisotopic (exact) mass is 330 g/mol. The summed E-state index contributed by atoms with van der Waals surface area (Å²) in [7, 11) is 1.70. The van der Waals surface area contributed by atoms with Crippen molar-refractivity contribution in [1.29, 1.82) is 0 Å². The molecular formula is C21H18N2O2. The first kappa shape index (κ1) is 16.5. The van der Waals surface area contributed by atoms with Crippen LogP contribution in [0.25, 0.3) is 0 Å². The lowest BCUT2D eigenvalue weighted by molar-refractivity contribution is 0.0989. The van der Waals surface area contributed by atoms with Crippen LogP contribution in [0.3, 0.4) is 0 Å². The van der Waals surface area contributed by atoms with Crippen molar-refractivity contribution in [3.63, 3.8) is 0 Å². The van der Waals surface area contributed by atoms with Crippen molar-refractivity contribution in [2.75, 3.05) is 17.3 Å². The predicted octanol–water partition coefficient (Wildman–Crippen LogP) is 4.22. The minimum absolute atomic E-state index is 0.137. The number of nitrogens with zero attached hydrogens (tertiary/aromatic N) is 1. The Hall–Kier alpha value is -3.40. The van der Waals surface area contributed by atoms with Crippen molar-refractivity contribution in [3.8, 4) is 0 Å². The lowest BCUT2D eigenvalue weighted by Gasteiger charge is -2.21. The van der Waals surface area contributed by atoms with Gasteiger partial charge in [-0.05, 0) is 36.4 Å². The molecule has 2 amide bonds. The van der Waals surface area contributed by atoms with Crippen LogP contribution in [-0.4, -0.2) is 18.9 Å². The maximum atomic E-state index is 12.7. The Kier molecular flexibility index (Phi) is 4.90. The number of hydrogen-bond acceptors (Lipinski definition) is 2. The van der Waals surface area contributed by atoms with Gasteiger partial charge in [0.25, 0.3) is 11.8 Å². The lowest BCUT2D eigenvalue weighted by Crippen LogP contribution is -2.27. The number of rotatable bonds is 4. The van der Waals surface area contributed by atoms with Gasteiger partial charge >= 0.3 is 0 Å². The third-order valence-corrected chi connectivity index (χ3v) is 3.87. The summed E-state index contributed by atoms with van der Waals surface area (Å²) < 4.78 is 0. The number of nitrogens with one attached hydrogen (secondary N) is 1.